The Balaban J connectivity index is 1.07. The summed E-state index contributed by atoms with van der Waals surface area (Å²) in [5.74, 6) is 0. The molecule has 9 aromatic carbocycles. The van der Waals surface area contributed by atoms with Crippen LogP contribution in [0.5, 0.6) is 0 Å². The van der Waals surface area contributed by atoms with Crippen LogP contribution in [0.25, 0.3) is 55.6 Å². The quantitative estimate of drug-likeness (QED) is 0.160. The summed E-state index contributed by atoms with van der Waals surface area (Å²) in [6, 6.07) is 76.3. The standard InChI is InChI=1S/C60H45NSi/c1-59(2)48-23-10-8-21-47(48)57-52(59)27-16-28-53(57)61(40-34-31-38(32-35-40)39-33-36-45-44-20-9-14-30-55(44)62(3,4)56(45)37-39)54-29-15-22-46-43-19-7-13-26-51(43)60(58(46)54)49-24-11-5-17-41(49)42-18-6-12-25-50(42)60/h5-37H,1-4H3. The van der Waals surface area contributed by atoms with Gasteiger partial charge in [-0.15, -0.1) is 0 Å². The molecule has 62 heavy (non-hydrogen) atoms. The molecule has 2 heteroatoms. The first kappa shape index (κ1) is 35.7. The second kappa shape index (κ2) is 12.5. The van der Waals surface area contributed by atoms with Crippen LogP contribution in [0.2, 0.25) is 13.1 Å². The topological polar surface area (TPSA) is 3.24 Å². The summed E-state index contributed by atoms with van der Waals surface area (Å²) in [5, 5.41) is 3.07. The SMILES string of the molecule is CC1(C)c2ccccc2-c2c(N(c3ccc(-c4ccc5c(c4)[Si](C)(C)c4ccccc4-5)cc3)c3cccc4c3C3(c5ccccc5-c5ccccc53)c3ccccc3-4)cccc21. The zero-order valence-corrected chi connectivity index (χ0v) is 36.5. The van der Waals surface area contributed by atoms with Crippen molar-refractivity contribution in [3.8, 4) is 55.6 Å². The lowest BCUT2D eigenvalue weighted by atomic mass is 9.70. The molecule has 0 unspecified atom stereocenters. The van der Waals surface area contributed by atoms with Crippen molar-refractivity contribution in [2.75, 3.05) is 4.90 Å². The van der Waals surface area contributed by atoms with Crippen molar-refractivity contribution in [3.63, 3.8) is 0 Å². The molecule has 0 saturated carbocycles. The van der Waals surface area contributed by atoms with Gasteiger partial charge in [-0.2, -0.15) is 0 Å². The summed E-state index contributed by atoms with van der Waals surface area (Å²) < 4.78 is 0. The number of hydrogen-bond acceptors (Lipinski definition) is 1. The molecule has 3 aliphatic carbocycles. The van der Waals surface area contributed by atoms with E-state index in [1.165, 1.54) is 106 Å². The normalized spacial score (nSPS) is 15.5. The number of hydrogen-bond donors (Lipinski definition) is 0. The fourth-order valence-electron chi connectivity index (χ4n) is 12.3. The van der Waals surface area contributed by atoms with Crippen molar-refractivity contribution >= 4 is 35.5 Å². The Kier molecular flexibility index (Phi) is 7.22. The minimum atomic E-state index is -1.83. The summed E-state index contributed by atoms with van der Waals surface area (Å²) in [5.41, 5.74) is 24.3. The largest absolute Gasteiger partial charge is 0.310 e. The maximum Gasteiger partial charge on any atom is 0.113 e. The van der Waals surface area contributed by atoms with Gasteiger partial charge in [0.25, 0.3) is 0 Å². The van der Waals surface area contributed by atoms with Crippen LogP contribution < -0.4 is 15.3 Å². The first-order valence-electron chi connectivity index (χ1n) is 22.1. The smallest absolute Gasteiger partial charge is 0.113 e. The van der Waals surface area contributed by atoms with Crippen LogP contribution in [0.3, 0.4) is 0 Å². The summed E-state index contributed by atoms with van der Waals surface area (Å²) in [7, 11) is -1.83. The highest BCUT2D eigenvalue weighted by Gasteiger charge is 2.53. The van der Waals surface area contributed by atoms with Gasteiger partial charge in [-0.05, 0) is 113 Å². The zero-order valence-electron chi connectivity index (χ0n) is 35.5. The predicted molar refractivity (Wildman–Crippen MR) is 263 cm³/mol. The van der Waals surface area contributed by atoms with Gasteiger partial charge < -0.3 is 4.90 Å². The molecule has 1 heterocycles. The van der Waals surface area contributed by atoms with Crippen LogP contribution in [0.1, 0.15) is 47.2 Å². The van der Waals surface area contributed by atoms with Crippen molar-refractivity contribution in [3.05, 3.63) is 234 Å². The first-order valence-corrected chi connectivity index (χ1v) is 25.1. The molecule has 0 atom stereocenters. The van der Waals surface area contributed by atoms with E-state index in [4.69, 9.17) is 0 Å². The van der Waals surface area contributed by atoms with Gasteiger partial charge in [-0.1, -0.05) is 203 Å². The minimum Gasteiger partial charge on any atom is -0.310 e. The number of fused-ring (bicyclic) bond motifs is 16. The minimum absolute atomic E-state index is 0.138. The lowest BCUT2D eigenvalue weighted by molar-refractivity contribution is 0.660. The summed E-state index contributed by atoms with van der Waals surface area (Å²) in [6.07, 6.45) is 0. The van der Waals surface area contributed by atoms with Crippen molar-refractivity contribution in [1.82, 2.24) is 0 Å². The van der Waals surface area contributed by atoms with E-state index in [-0.39, 0.29) is 5.41 Å². The van der Waals surface area contributed by atoms with Gasteiger partial charge in [-0.25, -0.2) is 0 Å². The second-order valence-corrected chi connectivity index (χ2v) is 23.1. The Hall–Kier alpha value is -7.00. The Morgan fingerprint density at radius 2 is 0.855 bits per heavy atom. The molecule has 294 valence electrons. The number of rotatable bonds is 4. The van der Waals surface area contributed by atoms with E-state index in [1.807, 2.05) is 0 Å². The van der Waals surface area contributed by atoms with Gasteiger partial charge in [0.1, 0.15) is 8.07 Å². The number of benzene rings is 9. The maximum atomic E-state index is 2.60. The molecule has 1 nitrogen and oxygen atoms in total. The zero-order chi connectivity index (χ0) is 41.5. The first-order chi connectivity index (χ1) is 30.3. The highest BCUT2D eigenvalue weighted by atomic mass is 28.3. The highest BCUT2D eigenvalue weighted by Crippen LogP contribution is 2.66. The Morgan fingerprint density at radius 3 is 1.53 bits per heavy atom. The van der Waals surface area contributed by atoms with E-state index in [0.29, 0.717) is 0 Å². The lowest BCUT2D eigenvalue weighted by Gasteiger charge is -2.36. The van der Waals surface area contributed by atoms with E-state index >= 15 is 0 Å². The average molecular weight is 808 g/mol. The molecule has 0 bridgehead atoms. The Labute approximate surface area is 365 Å². The molecule has 13 rings (SSSR count). The third-order valence-electron chi connectivity index (χ3n) is 15.1. The monoisotopic (exact) mass is 807 g/mol. The third kappa shape index (κ3) is 4.47. The Morgan fingerprint density at radius 1 is 0.371 bits per heavy atom. The molecule has 0 radical (unpaired) electrons. The Bertz CT molecular complexity index is 3300. The van der Waals surface area contributed by atoms with E-state index in [0.717, 1.165) is 5.69 Å². The fraction of sp³-hybridized carbons (Fsp3) is 0.100. The number of nitrogens with zero attached hydrogens (tertiary/aromatic N) is 1. The summed E-state index contributed by atoms with van der Waals surface area (Å²) in [4.78, 5) is 2.60. The molecule has 0 aromatic heterocycles. The van der Waals surface area contributed by atoms with Crippen molar-refractivity contribution in [2.45, 2.75) is 37.8 Å². The highest BCUT2D eigenvalue weighted by molar-refractivity contribution is 7.03. The second-order valence-electron chi connectivity index (χ2n) is 18.8. The molecule has 4 aliphatic rings. The molecule has 0 amide bonds. The van der Waals surface area contributed by atoms with Gasteiger partial charge in [0.15, 0.2) is 0 Å². The van der Waals surface area contributed by atoms with Crippen LogP contribution in [-0.4, -0.2) is 8.07 Å². The molecule has 0 fully saturated rings. The van der Waals surface area contributed by atoms with Gasteiger partial charge in [0.05, 0.1) is 16.8 Å². The molecule has 1 spiro atoms. The number of anilines is 3. The van der Waals surface area contributed by atoms with Crippen molar-refractivity contribution in [2.24, 2.45) is 0 Å². The molecular weight excluding hydrogens is 763 g/mol. The molecule has 0 saturated heterocycles. The van der Waals surface area contributed by atoms with E-state index in [2.05, 4.69) is 232 Å². The van der Waals surface area contributed by atoms with Crippen molar-refractivity contribution < 1.29 is 0 Å². The molecule has 1 aliphatic heterocycles. The molecular formula is C60H45NSi. The summed E-state index contributed by atoms with van der Waals surface area (Å²) in [6.45, 7) is 9.78. The van der Waals surface area contributed by atoms with E-state index in [9.17, 15) is 0 Å². The van der Waals surface area contributed by atoms with Crippen LogP contribution in [-0.2, 0) is 10.8 Å². The van der Waals surface area contributed by atoms with Gasteiger partial charge in [-0.3, -0.25) is 0 Å². The third-order valence-corrected chi connectivity index (χ3v) is 18.6. The predicted octanol–water partition coefficient (Wildman–Crippen LogP) is 14.3. The van der Waals surface area contributed by atoms with Gasteiger partial charge >= 0.3 is 0 Å². The van der Waals surface area contributed by atoms with E-state index in [1.54, 1.807) is 5.19 Å². The lowest BCUT2D eigenvalue weighted by Crippen LogP contribution is -2.49. The molecule has 0 N–H and O–H groups in total. The summed E-state index contributed by atoms with van der Waals surface area (Å²) >= 11 is 0. The average Bonchev–Trinajstić information content (AvgIpc) is 3.95. The van der Waals surface area contributed by atoms with Crippen LogP contribution in [0.4, 0.5) is 17.1 Å². The van der Waals surface area contributed by atoms with Gasteiger partial charge in [0, 0.05) is 22.2 Å². The maximum absolute atomic E-state index is 2.60. The fourth-order valence-corrected chi connectivity index (χ4v) is 15.4. The molecule has 9 aromatic rings. The van der Waals surface area contributed by atoms with Gasteiger partial charge in [0.2, 0.25) is 0 Å². The van der Waals surface area contributed by atoms with Crippen LogP contribution in [0, 0.1) is 0 Å². The van der Waals surface area contributed by atoms with Crippen molar-refractivity contribution in [1.29, 1.82) is 0 Å². The van der Waals surface area contributed by atoms with Crippen LogP contribution in [0.15, 0.2) is 200 Å². The van der Waals surface area contributed by atoms with E-state index < -0.39 is 13.5 Å². The van der Waals surface area contributed by atoms with Crippen LogP contribution >= 0.6 is 0 Å².